The predicted octanol–water partition coefficient (Wildman–Crippen LogP) is 1.35. The van der Waals surface area contributed by atoms with Gasteiger partial charge in [-0.3, -0.25) is 0 Å². The van der Waals surface area contributed by atoms with Gasteiger partial charge in [-0.15, -0.1) is 0 Å². The lowest BCUT2D eigenvalue weighted by Gasteiger charge is -2.27. The van der Waals surface area contributed by atoms with Gasteiger partial charge in [0.1, 0.15) is 11.3 Å². The Bertz CT molecular complexity index is 226. The molecule has 0 amide bonds. The summed E-state index contributed by atoms with van der Waals surface area (Å²) in [6.07, 6.45) is 4.15. The molecule has 3 nitrogen and oxygen atoms in total. The molecule has 1 aliphatic heterocycles. The molecule has 4 heteroatoms. The highest BCUT2D eigenvalue weighted by molar-refractivity contribution is 7.05. The Labute approximate surface area is 76.6 Å². The Morgan fingerprint density at radius 3 is 2.83 bits per heavy atom. The molecule has 2 rings (SSSR count). The van der Waals surface area contributed by atoms with Crippen molar-refractivity contribution >= 4 is 11.5 Å². The van der Waals surface area contributed by atoms with Gasteiger partial charge in [0.2, 0.25) is 0 Å². The second kappa shape index (κ2) is 3.49. The zero-order valence-electron chi connectivity index (χ0n) is 7.23. The Morgan fingerprint density at radius 1 is 1.50 bits per heavy atom. The largest absolute Gasteiger partial charge is 0.306 e. The zero-order valence-corrected chi connectivity index (χ0v) is 8.05. The van der Waals surface area contributed by atoms with Crippen LogP contribution in [0.3, 0.4) is 0 Å². The van der Waals surface area contributed by atoms with Gasteiger partial charge in [0, 0.05) is 5.92 Å². The number of aromatic nitrogens is 2. The smallest absolute Gasteiger partial charge is 0.129 e. The molecule has 0 bridgehead atoms. The maximum atomic E-state index is 4.25. The second-order valence-corrected chi connectivity index (χ2v) is 4.17. The lowest BCUT2D eigenvalue weighted by molar-refractivity contribution is 0.255. The van der Waals surface area contributed by atoms with Crippen molar-refractivity contribution in [3.8, 4) is 0 Å². The van der Waals surface area contributed by atoms with E-state index in [2.05, 4.69) is 21.3 Å². The van der Waals surface area contributed by atoms with E-state index in [1.165, 1.54) is 30.9 Å². The Morgan fingerprint density at radius 2 is 2.25 bits per heavy atom. The average molecular weight is 183 g/mol. The first-order valence-electron chi connectivity index (χ1n) is 4.31. The van der Waals surface area contributed by atoms with Crippen LogP contribution in [0.2, 0.25) is 0 Å². The van der Waals surface area contributed by atoms with Gasteiger partial charge < -0.3 is 4.90 Å². The maximum Gasteiger partial charge on any atom is 0.129 e. The van der Waals surface area contributed by atoms with Gasteiger partial charge in [0.05, 0.1) is 0 Å². The number of likely N-dealkylation sites (tertiary alicyclic amines) is 1. The molecule has 0 saturated carbocycles. The summed E-state index contributed by atoms with van der Waals surface area (Å²) in [6.45, 7) is 2.40. The Hall–Kier alpha value is -0.480. The van der Waals surface area contributed by atoms with Crippen LogP contribution >= 0.6 is 11.5 Å². The van der Waals surface area contributed by atoms with Gasteiger partial charge in [-0.25, -0.2) is 4.98 Å². The SMILES string of the molecule is CN1CCC(c2ncns2)CC1. The van der Waals surface area contributed by atoms with Crippen molar-refractivity contribution in [3.05, 3.63) is 11.3 Å². The highest BCUT2D eigenvalue weighted by Crippen LogP contribution is 2.27. The van der Waals surface area contributed by atoms with Crippen LogP contribution in [0.15, 0.2) is 6.33 Å². The third-order valence-corrected chi connectivity index (χ3v) is 3.27. The topological polar surface area (TPSA) is 29.0 Å². The first kappa shape index (κ1) is 8.13. The number of hydrogen-bond donors (Lipinski definition) is 0. The van der Waals surface area contributed by atoms with E-state index in [0.29, 0.717) is 5.92 Å². The molecular formula is C8H13N3S. The minimum Gasteiger partial charge on any atom is -0.306 e. The van der Waals surface area contributed by atoms with E-state index >= 15 is 0 Å². The van der Waals surface area contributed by atoms with Crippen molar-refractivity contribution in [2.75, 3.05) is 20.1 Å². The fourth-order valence-corrected chi connectivity index (χ4v) is 2.30. The van der Waals surface area contributed by atoms with Gasteiger partial charge >= 0.3 is 0 Å². The van der Waals surface area contributed by atoms with E-state index in [1.54, 1.807) is 17.9 Å². The Kier molecular flexibility index (Phi) is 2.37. The summed E-state index contributed by atoms with van der Waals surface area (Å²) in [5.74, 6) is 0.675. The summed E-state index contributed by atoms with van der Waals surface area (Å²) in [6, 6.07) is 0. The fourth-order valence-electron chi connectivity index (χ4n) is 1.62. The van der Waals surface area contributed by atoms with Gasteiger partial charge in [0.15, 0.2) is 0 Å². The Balaban J connectivity index is 1.99. The average Bonchev–Trinajstić information content (AvgIpc) is 2.58. The normalized spacial score (nSPS) is 21.4. The van der Waals surface area contributed by atoms with E-state index in [-0.39, 0.29) is 0 Å². The van der Waals surface area contributed by atoms with Gasteiger partial charge in [-0.05, 0) is 44.5 Å². The summed E-state index contributed by atoms with van der Waals surface area (Å²) >= 11 is 1.55. The van der Waals surface area contributed by atoms with Crippen LogP contribution in [0.4, 0.5) is 0 Å². The zero-order chi connectivity index (χ0) is 8.39. The van der Waals surface area contributed by atoms with Gasteiger partial charge in [-0.1, -0.05) is 0 Å². The number of nitrogens with zero attached hydrogens (tertiary/aromatic N) is 3. The van der Waals surface area contributed by atoms with Crippen molar-refractivity contribution in [1.29, 1.82) is 0 Å². The van der Waals surface area contributed by atoms with Crippen LogP contribution in [0, 0.1) is 0 Å². The van der Waals surface area contributed by atoms with E-state index in [1.807, 2.05) is 0 Å². The van der Waals surface area contributed by atoms with Crippen LogP contribution < -0.4 is 0 Å². The summed E-state index contributed by atoms with van der Waals surface area (Å²) in [7, 11) is 2.18. The first-order valence-corrected chi connectivity index (χ1v) is 5.08. The summed E-state index contributed by atoms with van der Waals surface area (Å²) in [5.41, 5.74) is 0. The monoisotopic (exact) mass is 183 g/mol. The lowest BCUT2D eigenvalue weighted by atomic mass is 9.98. The van der Waals surface area contributed by atoms with Crippen molar-refractivity contribution in [1.82, 2.24) is 14.3 Å². The molecule has 0 atom stereocenters. The van der Waals surface area contributed by atoms with E-state index in [0.717, 1.165) is 0 Å². The molecule has 1 fully saturated rings. The summed E-state index contributed by atoms with van der Waals surface area (Å²) in [5, 5.41) is 1.23. The molecule has 0 radical (unpaired) electrons. The molecule has 1 aromatic rings. The highest BCUT2D eigenvalue weighted by Gasteiger charge is 2.20. The first-order chi connectivity index (χ1) is 5.86. The van der Waals surface area contributed by atoms with Crippen LogP contribution in [-0.4, -0.2) is 34.4 Å². The van der Waals surface area contributed by atoms with E-state index in [9.17, 15) is 0 Å². The second-order valence-electron chi connectivity index (χ2n) is 3.36. The van der Waals surface area contributed by atoms with Gasteiger partial charge in [0.25, 0.3) is 0 Å². The number of piperidine rings is 1. The van der Waals surface area contributed by atoms with E-state index < -0.39 is 0 Å². The molecule has 1 aliphatic rings. The standard InChI is InChI=1S/C8H13N3S/c1-11-4-2-7(3-5-11)8-9-6-10-12-8/h6-7H,2-5H2,1H3. The number of hydrogen-bond acceptors (Lipinski definition) is 4. The molecule has 1 aromatic heterocycles. The molecule has 12 heavy (non-hydrogen) atoms. The summed E-state index contributed by atoms with van der Waals surface area (Å²) < 4.78 is 4.03. The molecule has 2 heterocycles. The maximum absolute atomic E-state index is 4.25. The highest BCUT2D eigenvalue weighted by atomic mass is 32.1. The molecule has 0 aliphatic carbocycles. The molecular weight excluding hydrogens is 170 g/mol. The molecule has 0 aromatic carbocycles. The molecule has 0 spiro atoms. The lowest BCUT2D eigenvalue weighted by Crippen LogP contribution is -2.29. The van der Waals surface area contributed by atoms with Crippen molar-refractivity contribution in [2.45, 2.75) is 18.8 Å². The van der Waals surface area contributed by atoms with Crippen LogP contribution in [-0.2, 0) is 0 Å². The predicted molar refractivity (Wildman–Crippen MR) is 49.4 cm³/mol. The van der Waals surface area contributed by atoms with Crippen molar-refractivity contribution in [3.63, 3.8) is 0 Å². The van der Waals surface area contributed by atoms with Crippen molar-refractivity contribution < 1.29 is 0 Å². The summed E-state index contributed by atoms with van der Waals surface area (Å²) in [4.78, 5) is 6.63. The molecule has 0 N–H and O–H groups in total. The molecule has 1 saturated heterocycles. The van der Waals surface area contributed by atoms with Crippen LogP contribution in [0.5, 0.6) is 0 Å². The van der Waals surface area contributed by atoms with Gasteiger partial charge in [-0.2, -0.15) is 4.37 Å². The quantitative estimate of drug-likeness (QED) is 0.658. The fraction of sp³-hybridized carbons (Fsp3) is 0.750. The van der Waals surface area contributed by atoms with Crippen molar-refractivity contribution in [2.24, 2.45) is 0 Å². The molecule has 66 valence electrons. The minimum atomic E-state index is 0.675. The van der Waals surface area contributed by atoms with E-state index in [4.69, 9.17) is 0 Å². The number of rotatable bonds is 1. The minimum absolute atomic E-state index is 0.675. The third-order valence-electron chi connectivity index (χ3n) is 2.45. The third kappa shape index (κ3) is 1.64. The molecule has 0 unspecified atom stereocenters. The van der Waals surface area contributed by atoms with Crippen LogP contribution in [0.25, 0.3) is 0 Å². The van der Waals surface area contributed by atoms with Crippen LogP contribution in [0.1, 0.15) is 23.8 Å².